The van der Waals surface area contributed by atoms with Crippen molar-refractivity contribution < 1.29 is 14.4 Å². The Morgan fingerprint density at radius 1 is 1.43 bits per heavy atom. The molecule has 0 spiro atoms. The first kappa shape index (κ1) is 13.4. The molecule has 0 radical (unpaired) electrons. The highest BCUT2D eigenvalue weighted by molar-refractivity contribution is 6.29. The maximum absolute atomic E-state index is 10.7. The lowest BCUT2D eigenvalue weighted by atomic mass is 10.3. The van der Waals surface area contributed by atoms with Crippen LogP contribution in [0.1, 0.15) is 5.56 Å². The van der Waals surface area contributed by atoms with Gasteiger partial charge in [-0.1, -0.05) is 17.7 Å². The highest BCUT2D eigenvalue weighted by atomic mass is 35.5. The second kappa shape index (κ2) is 5.41. The number of nitro groups is 1. The van der Waals surface area contributed by atoms with Crippen molar-refractivity contribution in [3.8, 4) is 11.9 Å². The fourth-order valence-corrected chi connectivity index (χ4v) is 1.84. The average molecular weight is 309 g/mol. The van der Waals surface area contributed by atoms with E-state index >= 15 is 0 Å². The minimum Gasteiger partial charge on any atom is -0.472 e. The molecule has 1 aliphatic heterocycles. The second-order valence-corrected chi connectivity index (χ2v) is 4.55. The molecule has 2 aromatic rings. The van der Waals surface area contributed by atoms with Gasteiger partial charge in [0.05, 0.1) is 11.1 Å². The standard InChI is InChI=1S/C12H9ClN4O4/c13-9-2-1-8(5-14-9)7-20-11-6-15-12-16(11)4-3-10(21-12)17(18)19/h1-6,10H,7H2/t10-/m1/s1. The van der Waals surface area contributed by atoms with Crippen LogP contribution in [0.2, 0.25) is 5.15 Å². The number of nitrogens with zero attached hydrogens (tertiary/aromatic N) is 4. The Morgan fingerprint density at radius 3 is 3.00 bits per heavy atom. The summed E-state index contributed by atoms with van der Waals surface area (Å²) in [4.78, 5) is 18.0. The molecule has 108 valence electrons. The van der Waals surface area contributed by atoms with Gasteiger partial charge >= 0.3 is 12.2 Å². The Kier molecular flexibility index (Phi) is 3.44. The molecule has 0 unspecified atom stereocenters. The number of hydrogen-bond acceptors (Lipinski definition) is 6. The predicted octanol–water partition coefficient (Wildman–Crippen LogP) is 1.98. The molecule has 1 aliphatic rings. The van der Waals surface area contributed by atoms with Gasteiger partial charge < -0.3 is 9.47 Å². The van der Waals surface area contributed by atoms with Crippen LogP contribution in [0.15, 0.2) is 30.6 Å². The van der Waals surface area contributed by atoms with E-state index in [4.69, 9.17) is 21.1 Å². The smallest absolute Gasteiger partial charge is 0.377 e. The Bertz CT molecular complexity index is 698. The summed E-state index contributed by atoms with van der Waals surface area (Å²) in [7, 11) is 0. The molecule has 0 aromatic carbocycles. The van der Waals surface area contributed by atoms with Crippen LogP contribution in [-0.4, -0.2) is 25.7 Å². The summed E-state index contributed by atoms with van der Waals surface area (Å²) in [5, 5.41) is 11.1. The van der Waals surface area contributed by atoms with E-state index in [1.165, 1.54) is 23.0 Å². The number of fused-ring (bicyclic) bond motifs is 1. The molecular weight excluding hydrogens is 300 g/mol. The summed E-state index contributed by atoms with van der Waals surface area (Å²) >= 11 is 5.70. The number of aromatic nitrogens is 3. The number of ether oxygens (including phenoxy) is 2. The summed E-state index contributed by atoms with van der Waals surface area (Å²) < 4.78 is 12.2. The lowest BCUT2D eigenvalue weighted by Crippen LogP contribution is -2.27. The van der Waals surface area contributed by atoms with Crippen LogP contribution in [-0.2, 0) is 6.61 Å². The van der Waals surface area contributed by atoms with Gasteiger partial charge in [-0.15, -0.1) is 0 Å². The van der Waals surface area contributed by atoms with Gasteiger partial charge in [0, 0.05) is 24.0 Å². The van der Waals surface area contributed by atoms with E-state index in [9.17, 15) is 10.1 Å². The van der Waals surface area contributed by atoms with Crippen LogP contribution in [0.5, 0.6) is 11.9 Å². The molecule has 3 rings (SSSR count). The molecule has 0 N–H and O–H groups in total. The van der Waals surface area contributed by atoms with Crippen molar-refractivity contribution in [3.63, 3.8) is 0 Å². The Morgan fingerprint density at radius 2 is 2.29 bits per heavy atom. The molecule has 1 atom stereocenters. The first-order valence-corrected chi connectivity index (χ1v) is 6.30. The summed E-state index contributed by atoms with van der Waals surface area (Å²) in [6, 6.07) is 3.57. The highest BCUT2D eigenvalue weighted by Crippen LogP contribution is 2.25. The van der Waals surface area contributed by atoms with Crippen molar-refractivity contribution in [2.75, 3.05) is 0 Å². The van der Waals surface area contributed by atoms with Gasteiger partial charge in [-0.2, -0.15) is 4.98 Å². The topological polar surface area (TPSA) is 92.3 Å². The fraction of sp³-hybridized carbons (Fsp3) is 0.167. The summed E-state index contributed by atoms with van der Waals surface area (Å²) in [6.07, 6.45) is 4.62. The number of rotatable bonds is 4. The summed E-state index contributed by atoms with van der Waals surface area (Å²) in [5.41, 5.74) is 0.832. The summed E-state index contributed by atoms with van der Waals surface area (Å²) in [5.74, 6) is 0.415. The van der Waals surface area contributed by atoms with E-state index in [2.05, 4.69) is 9.97 Å². The molecule has 0 saturated heterocycles. The largest absolute Gasteiger partial charge is 0.472 e. The first-order chi connectivity index (χ1) is 10.1. The van der Waals surface area contributed by atoms with Crippen molar-refractivity contribution >= 4 is 17.8 Å². The first-order valence-electron chi connectivity index (χ1n) is 5.92. The van der Waals surface area contributed by atoms with E-state index in [0.717, 1.165) is 5.56 Å². The molecule has 0 aliphatic carbocycles. The number of halogens is 1. The third kappa shape index (κ3) is 2.79. The second-order valence-electron chi connectivity index (χ2n) is 4.16. The van der Waals surface area contributed by atoms with Crippen LogP contribution in [0.3, 0.4) is 0 Å². The molecule has 0 bridgehead atoms. The van der Waals surface area contributed by atoms with Gasteiger partial charge in [-0.05, 0) is 6.07 Å². The van der Waals surface area contributed by atoms with E-state index < -0.39 is 11.2 Å². The minimum absolute atomic E-state index is 0.114. The summed E-state index contributed by atoms with van der Waals surface area (Å²) in [6.45, 7) is 0.266. The zero-order valence-corrected chi connectivity index (χ0v) is 11.3. The maximum Gasteiger partial charge on any atom is 0.377 e. The van der Waals surface area contributed by atoms with Crippen LogP contribution < -0.4 is 9.47 Å². The van der Waals surface area contributed by atoms with Gasteiger partial charge in [0.15, 0.2) is 0 Å². The number of imidazole rings is 1. The molecule has 2 aromatic heterocycles. The van der Waals surface area contributed by atoms with Gasteiger partial charge in [0.2, 0.25) is 5.88 Å². The van der Waals surface area contributed by atoms with Crippen molar-refractivity contribution in [3.05, 3.63) is 51.4 Å². The molecule has 9 heteroatoms. The monoisotopic (exact) mass is 308 g/mol. The van der Waals surface area contributed by atoms with Crippen molar-refractivity contribution in [1.29, 1.82) is 0 Å². The van der Waals surface area contributed by atoms with Gasteiger partial charge in [0.25, 0.3) is 0 Å². The highest BCUT2D eigenvalue weighted by Gasteiger charge is 2.26. The number of pyridine rings is 1. The molecule has 3 heterocycles. The lowest BCUT2D eigenvalue weighted by Gasteiger charge is -2.14. The van der Waals surface area contributed by atoms with Crippen LogP contribution in [0.4, 0.5) is 0 Å². The van der Waals surface area contributed by atoms with Crippen molar-refractivity contribution in [2.45, 2.75) is 12.8 Å². The normalized spacial score (nSPS) is 16.1. The molecular formula is C12H9ClN4O4. The van der Waals surface area contributed by atoms with Gasteiger partial charge in [-0.3, -0.25) is 10.1 Å². The van der Waals surface area contributed by atoms with Gasteiger partial charge in [-0.25, -0.2) is 9.55 Å². The van der Waals surface area contributed by atoms with Crippen LogP contribution >= 0.6 is 11.6 Å². The zero-order chi connectivity index (χ0) is 14.8. The quantitative estimate of drug-likeness (QED) is 0.487. The van der Waals surface area contributed by atoms with Crippen LogP contribution in [0.25, 0.3) is 6.20 Å². The van der Waals surface area contributed by atoms with Crippen molar-refractivity contribution in [1.82, 2.24) is 14.5 Å². The zero-order valence-electron chi connectivity index (χ0n) is 10.5. The van der Waals surface area contributed by atoms with E-state index in [0.29, 0.717) is 11.0 Å². The Hall–Kier alpha value is -2.61. The van der Waals surface area contributed by atoms with Gasteiger partial charge in [0.1, 0.15) is 11.8 Å². The van der Waals surface area contributed by atoms with E-state index in [1.54, 1.807) is 18.3 Å². The van der Waals surface area contributed by atoms with Crippen molar-refractivity contribution in [2.24, 2.45) is 0 Å². The Balaban J connectivity index is 1.71. The Labute approximate surface area is 123 Å². The average Bonchev–Trinajstić information content (AvgIpc) is 2.89. The SMILES string of the molecule is O=[N+]([O-])[C@H]1C=Cn2c(OCc3ccc(Cl)nc3)cnc2O1. The lowest BCUT2D eigenvalue weighted by molar-refractivity contribution is -0.549. The fourth-order valence-electron chi connectivity index (χ4n) is 1.73. The van der Waals surface area contributed by atoms with E-state index in [-0.39, 0.29) is 12.6 Å². The molecule has 0 saturated carbocycles. The van der Waals surface area contributed by atoms with E-state index in [1.807, 2.05) is 0 Å². The predicted molar refractivity (Wildman–Crippen MR) is 72.5 cm³/mol. The third-order valence-corrected chi connectivity index (χ3v) is 2.96. The maximum atomic E-state index is 10.7. The molecule has 8 nitrogen and oxygen atoms in total. The minimum atomic E-state index is -1.23. The molecule has 21 heavy (non-hydrogen) atoms. The molecule has 0 amide bonds. The third-order valence-electron chi connectivity index (χ3n) is 2.74. The molecule has 0 fully saturated rings. The van der Waals surface area contributed by atoms with Crippen LogP contribution in [0, 0.1) is 10.1 Å². The number of hydrogen-bond donors (Lipinski definition) is 0.